The molecular weight excluding hydrogens is 280 g/mol. The first-order chi connectivity index (χ1) is 9.52. The number of sulfone groups is 1. The Bertz CT molecular complexity index is 682. The van der Waals surface area contributed by atoms with Gasteiger partial charge in [-0.05, 0) is 29.3 Å². The maximum absolute atomic E-state index is 11.8. The van der Waals surface area contributed by atoms with E-state index >= 15 is 0 Å². The van der Waals surface area contributed by atoms with Crippen molar-refractivity contribution in [2.24, 2.45) is 0 Å². The first-order valence-electron chi connectivity index (χ1n) is 6.20. The van der Waals surface area contributed by atoms with E-state index in [2.05, 4.69) is 10.6 Å². The zero-order chi connectivity index (χ0) is 14.2. The summed E-state index contributed by atoms with van der Waals surface area (Å²) in [5.74, 6) is -0.0849. The average Bonchev–Trinajstić information content (AvgIpc) is 2.95. The summed E-state index contributed by atoms with van der Waals surface area (Å²) in [5, 5.41) is 6.42. The minimum atomic E-state index is -3.16. The van der Waals surface area contributed by atoms with Crippen molar-refractivity contribution in [1.29, 1.82) is 0 Å². The van der Waals surface area contributed by atoms with Crippen LogP contribution in [-0.2, 0) is 27.8 Å². The molecule has 3 rings (SSSR count). The van der Waals surface area contributed by atoms with Crippen LogP contribution in [0.5, 0.6) is 0 Å². The number of hydrogen-bond donors (Lipinski definition) is 2. The molecule has 2 amide bonds. The van der Waals surface area contributed by atoms with Gasteiger partial charge in [-0.1, -0.05) is 6.07 Å². The van der Waals surface area contributed by atoms with E-state index in [4.69, 9.17) is 4.74 Å². The molecule has 0 radical (unpaired) electrons. The van der Waals surface area contributed by atoms with Crippen LogP contribution in [0.15, 0.2) is 29.7 Å². The highest BCUT2D eigenvalue weighted by Crippen LogP contribution is 2.23. The monoisotopic (exact) mass is 294 g/mol. The lowest BCUT2D eigenvalue weighted by molar-refractivity contribution is 0.134. The van der Waals surface area contributed by atoms with E-state index in [1.165, 1.54) is 6.08 Å². The molecule has 0 fully saturated rings. The van der Waals surface area contributed by atoms with Crippen LogP contribution in [-0.4, -0.2) is 26.2 Å². The van der Waals surface area contributed by atoms with Crippen LogP contribution >= 0.6 is 0 Å². The lowest BCUT2D eigenvalue weighted by Crippen LogP contribution is -2.38. The van der Waals surface area contributed by atoms with Gasteiger partial charge in [0.2, 0.25) is 0 Å². The van der Waals surface area contributed by atoms with Crippen molar-refractivity contribution >= 4 is 21.6 Å². The summed E-state index contributed by atoms with van der Waals surface area (Å²) < 4.78 is 27.8. The third-order valence-corrected chi connectivity index (χ3v) is 4.62. The van der Waals surface area contributed by atoms with Crippen molar-refractivity contribution in [2.75, 3.05) is 11.1 Å². The first-order valence-corrected chi connectivity index (χ1v) is 7.91. The molecule has 1 aromatic carbocycles. The van der Waals surface area contributed by atoms with E-state index in [9.17, 15) is 13.2 Å². The highest BCUT2D eigenvalue weighted by molar-refractivity contribution is 7.94. The second kappa shape index (κ2) is 4.92. The topological polar surface area (TPSA) is 84.5 Å². The molecule has 2 heterocycles. The smallest absolute Gasteiger partial charge is 0.319 e. The Morgan fingerprint density at radius 2 is 2.05 bits per heavy atom. The number of carbonyl (C=O) groups excluding carboxylic acids is 1. The Labute approximate surface area is 116 Å². The van der Waals surface area contributed by atoms with Crippen LogP contribution in [0.25, 0.3) is 0 Å². The summed E-state index contributed by atoms with van der Waals surface area (Å²) in [6, 6.07) is 4.68. The number of hydrogen-bond acceptors (Lipinski definition) is 4. The predicted molar refractivity (Wildman–Crippen MR) is 73.8 cm³/mol. The minimum absolute atomic E-state index is 0.0849. The van der Waals surface area contributed by atoms with Crippen LogP contribution in [0.1, 0.15) is 11.1 Å². The summed E-state index contributed by atoms with van der Waals surface area (Å²) in [6.07, 6.45) is 1.48. The third-order valence-electron chi connectivity index (χ3n) is 3.23. The van der Waals surface area contributed by atoms with Gasteiger partial charge < -0.3 is 15.4 Å². The molecule has 0 saturated carbocycles. The van der Waals surface area contributed by atoms with Gasteiger partial charge in [-0.15, -0.1) is 0 Å². The van der Waals surface area contributed by atoms with Crippen molar-refractivity contribution in [1.82, 2.24) is 5.32 Å². The van der Waals surface area contributed by atoms with Gasteiger partial charge in [0.05, 0.1) is 25.0 Å². The van der Waals surface area contributed by atoms with Gasteiger partial charge in [-0.2, -0.15) is 0 Å². The predicted octanol–water partition coefficient (Wildman–Crippen LogP) is 1.15. The van der Waals surface area contributed by atoms with Crippen LogP contribution in [0.3, 0.4) is 0 Å². The number of carbonyl (C=O) groups is 1. The normalized spacial score (nSPS) is 22.5. The van der Waals surface area contributed by atoms with Gasteiger partial charge in [-0.3, -0.25) is 0 Å². The molecule has 106 valence electrons. The van der Waals surface area contributed by atoms with E-state index in [1.807, 2.05) is 12.1 Å². The maximum atomic E-state index is 11.8. The van der Waals surface area contributed by atoms with E-state index in [1.54, 1.807) is 6.07 Å². The molecule has 0 saturated heterocycles. The zero-order valence-corrected chi connectivity index (χ0v) is 11.4. The van der Waals surface area contributed by atoms with Crippen LogP contribution in [0, 0.1) is 0 Å². The molecule has 7 heteroatoms. The molecule has 2 N–H and O–H groups in total. The minimum Gasteiger partial charge on any atom is -0.372 e. The highest BCUT2D eigenvalue weighted by Gasteiger charge is 2.23. The second-order valence-corrected chi connectivity index (χ2v) is 6.77. The van der Waals surface area contributed by atoms with E-state index in [0.29, 0.717) is 18.9 Å². The third kappa shape index (κ3) is 2.83. The van der Waals surface area contributed by atoms with Crippen LogP contribution in [0.2, 0.25) is 0 Å². The molecule has 2 aliphatic rings. The van der Waals surface area contributed by atoms with Gasteiger partial charge in [0.1, 0.15) is 0 Å². The van der Waals surface area contributed by atoms with Gasteiger partial charge in [0.25, 0.3) is 0 Å². The lowest BCUT2D eigenvalue weighted by Gasteiger charge is -2.12. The molecular formula is C13H14N2O4S. The number of amides is 2. The van der Waals surface area contributed by atoms with Crippen LogP contribution in [0.4, 0.5) is 10.5 Å². The fourth-order valence-electron chi connectivity index (χ4n) is 2.25. The first kappa shape index (κ1) is 13.1. The fourth-order valence-corrected chi connectivity index (χ4v) is 3.49. The summed E-state index contributed by atoms with van der Waals surface area (Å²) in [7, 11) is -3.16. The lowest BCUT2D eigenvalue weighted by atomic mass is 10.1. The summed E-state index contributed by atoms with van der Waals surface area (Å²) in [6.45, 7) is 1.16. The number of ether oxygens (including phenoxy) is 1. The fraction of sp³-hybridized carbons (Fsp3) is 0.308. The van der Waals surface area contributed by atoms with E-state index < -0.39 is 21.9 Å². The van der Waals surface area contributed by atoms with E-state index in [0.717, 1.165) is 16.5 Å². The average molecular weight is 294 g/mol. The largest absolute Gasteiger partial charge is 0.372 e. The number of rotatable bonds is 2. The number of fused-ring (bicyclic) bond motifs is 1. The molecule has 0 unspecified atom stereocenters. The van der Waals surface area contributed by atoms with Gasteiger partial charge in [0, 0.05) is 11.1 Å². The molecule has 2 aliphatic heterocycles. The molecule has 0 spiro atoms. The van der Waals surface area contributed by atoms with Crippen molar-refractivity contribution in [2.45, 2.75) is 19.3 Å². The van der Waals surface area contributed by atoms with Gasteiger partial charge >= 0.3 is 6.03 Å². The summed E-state index contributed by atoms with van der Waals surface area (Å²) in [4.78, 5) is 11.8. The quantitative estimate of drug-likeness (QED) is 0.857. The molecule has 1 aromatic rings. The zero-order valence-electron chi connectivity index (χ0n) is 10.6. The number of anilines is 1. The second-order valence-electron chi connectivity index (χ2n) is 4.84. The maximum Gasteiger partial charge on any atom is 0.319 e. The summed E-state index contributed by atoms with van der Waals surface area (Å²) >= 11 is 0. The molecule has 0 aliphatic carbocycles. The Morgan fingerprint density at radius 3 is 2.80 bits per heavy atom. The SMILES string of the molecule is O=C(Nc1ccc2c(c1)COC2)N[C@@H]1C=CS(=O)(=O)C1. The highest BCUT2D eigenvalue weighted by atomic mass is 32.2. The number of urea groups is 1. The Kier molecular flexibility index (Phi) is 3.23. The Morgan fingerprint density at radius 1 is 1.25 bits per heavy atom. The number of nitrogens with one attached hydrogen (secondary N) is 2. The van der Waals surface area contributed by atoms with Crippen molar-refractivity contribution in [3.05, 3.63) is 40.8 Å². The van der Waals surface area contributed by atoms with Crippen LogP contribution < -0.4 is 10.6 Å². The van der Waals surface area contributed by atoms with Gasteiger partial charge in [-0.25, -0.2) is 13.2 Å². The standard InChI is InChI=1S/C13H14N2O4S/c16-13(15-12-3-4-20(17,18)8-12)14-11-2-1-9-6-19-7-10(9)5-11/h1-5,12H,6-8H2,(H2,14,15,16)/t12-/m1/s1. The van der Waals surface area contributed by atoms with Crippen molar-refractivity contribution in [3.8, 4) is 0 Å². The van der Waals surface area contributed by atoms with E-state index in [-0.39, 0.29) is 5.75 Å². The molecule has 6 nitrogen and oxygen atoms in total. The summed E-state index contributed by atoms with van der Waals surface area (Å²) in [5.41, 5.74) is 2.85. The Hall–Kier alpha value is -1.86. The molecule has 0 aromatic heterocycles. The van der Waals surface area contributed by atoms with Gasteiger partial charge in [0.15, 0.2) is 9.84 Å². The Balaban J connectivity index is 1.61. The molecule has 20 heavy (non-hydrogen) atoms. The van der Waals surface area contributed by atoms with Crippen molar-refractivity contribution < 1.29 is 17.9 Å². The van der Waals surface area contributed by atoms with Crippen molar-refractivity contribution in [3.63, 3.8) is 0 Å². The molecule has 1 atom stereocenters. The number of benzene rings is 1. The molecule has 0 bridgehead atoms.